The van der Waals surface area contributed by atoms with E-state index in [2.05, 4.69) is 5.43 Å². The average molecular weight is 130 g/mol. The van der Waals surface area contributed by atoms with Crippen LogP contribution in [0.1, 0.15) is 26.7 Å². The van der Waals surface area contributed by atoms with Gasteiger partial charge in [-0.1, -0.05) is 0 Å². The van der Waals surface area contributed by atoms with Gasteiger partial charge in [0.2, 0.25) is 0 Å². The maximum Gasteiger partial charge on any atom is 0.129 e. The minimum absolute atomic E-state index is 0.220. The van der Waals surface area contributed by atoms with Crippen molar-refractivity contribution in [3.63, 3.8) is 0 Å². The molecule has 1 atom stereocenters. The van der Waals surface area contributed by atoms with Crippen molar-refractivity contribution >= 4 is 5.78 Å². The third-order valence-corrected chi connectivity index (χ3v) is 1.21. The number of carbonyl (C=O) groups is 1. The number of carbonyl (C=O) groups excluding carboxylic acids is 1. The van der Waals surface area contributed by atoms with Crippen molar-refractivity contribution in [2.45, 2.75) is 32.7 Å². The molecular formula is C6H14N2O. The van der Waals surface area contributed by atoms with E-state index in [1.165, 1.54) is 0 Å². The zero-order valence-electron chi connectivity index (χ0n) is 5.98. The van der Waals surface area contributed by atoms with Crippen LogP contribution in [0.4, 0.5) is 0 Å². The molecule has 54 valence electrons. The van der Waals surface area contributed by atoms with E-state index >= 15 is 0 Å². The minimum Gasteiger partial charge on any atom is -0.300 e. The zero-order chi connectivity index (χ0) is 7.28. The first-order valence-electron chi connectivity index (χ1n) is 3.12. The van der Waals surface area contributed by atoms with Gasteiger partial charge in [0.15, 0.2) is 0 Å². The minimum atomic E-state index is 0.220. The summed E-state index contributed by atoms with van der Waals surface area (Å²) in [4.78, 5) is 10.4. The fraction of sp³-hybridized carbons (Fsp3) is 0.833. The molecule has 0 aromatic heterocycles. The van der Waals surface area contributed by atoms with Crippen molar-refractivity contribution in [3.8, 4) is 0 Å². The molecule has 0 aliphatic carbocycles. The summed E-state index contributed by atoms with van der Waals surface area (Å²) >= 11 is 0. The summed E-state index contributed by atoms with van der Waals surface area (Å²) in [5.74, 6) is 5.32. The Morgan fingerprint density at radius 2 is 2.33 bits per heavy atom. The second-order valence-electron chi connectivity index (χ2n) is 2.31. The van der Waals surface area contributed by atoms with Gasteiger partial charge < -0.3 is 4.79 Å². The third-order valence-electron chi connectivity index (χ3n) is 1.21. The molecule has 0 rings (SSSR count). The Morgan fingerprint density at radius 1 is 1.78 bits per heavy atom. The van der Waals surface area contributed by atoms with Crippen LogP contribution in [0.5, 0.6) is 0 Å². The van der Waals surface area contributed by atoms with Crippen LogP contribution in [0.25, 0.3) is 0 Å². The monoisotopic (exact) mass is 130 g/mol. The van der Waals surface area contributed by atoms with Crippen molar-refractivity contribution < 1.29 is 4.79 Å². The normalized spacial score (nSPS) is 13.2. The number of Topliss-reactive ketones (excluding diaryl/α,β-unsaturated/α-hetero) is 1. The van der Waals surface area contributed by atoms with Crippen molar-refractivity contribution in [3.05, 3.63) is 0 Å². The van der Waals surface area contributed by atoms with Gasteiger partial charge in [-0.25, -0.2) is 0 Å². The Bertz CT molecular complexity index is 93.1. The van der Waals surface area contributed by atoms with Crippen LogP contribution in [0.15, 0.2) is 0 Å². The maximum absolute atomic E-state index is 10.4. The highest BCUT2D eigenvalue weighted by molar-refractivity contribution is 5.75. The Hall–Kier alpha value is -0.410. The highest BCUT2D eigenvalue weighted by Crippen LogP contribution is 1.94. The van der Waals surface area contributed by atoms with E-state index < -0.39 is 0 Å². The SMILES string of the molecule is CC(=O)CCC(C)NN. The fourth-order valence-electron chi connectivity index (χ4n) is 0.503. The van der Waals surface area contributed by atoms with Gasteiger partial charge in [-0.2, -0.15) is 0 Å². The maximum atomic E-state index is 10.4. The number of ketones is 1. The van der Waals surface area contributed by atoms with Gasteiger partial charge in [0.25, 0.3) is 0 Å². The summed E-state index contributed by atoms with van der Waals surface area (Å²) in [6, 6.07) is 0.244. The van der Waals surface area contributed by atoms with Gasteiger partial charge in [-0.3, -0.25) is 11.3 Å². The number of rotatable bonds is 4. The van der Waals surface area contributed by atoms with E-state index in [-0.39, 0.29) is 11.8 Å². The summed E-state index contributed by atoms with van der Waals surface area (Å²) in [7, 11) is 0. The highest BCUT2D eigenvalue weighted by atomic mass is 16.1. The van der Waals surface area contributed by atoms with E-state index in [4.69, 9.17) is 5.84 Å². The van der Waals surface area contributed by atoms with Crippen molar-refractivity contribution in [1.82, 2.24) is 5.43 Å². The molecule has 9 heavy (non-hydrogen) atoms. The van der Waals surface area contributed by atoms with E-state index in [0.717, 1.165) is 6.42 Å². The Balaban J connectivity index is 3.16. The molecule has 0 bridgehead atoms. The van der Waals surface area contributed by atoms with Gasteiger partial charge >= 0.3 is 0 Å². The summed E-state index contributed by atoms with van der Waals surface area (Å²) < 4.78 is 0. The lowest BCUT2D eigenvalue weighted by atomic mass is 10.1. The van der Waals surface area contributed by atoms with Crippen molar-refractivity contribution in [2.24, 2.45) is 5.84 Å². The van der Waals surface area contributed by atoms with Crippen LogP contribution in [-0.4, -0.2) is 11.8 Å². The second kappa shape index (κ2) is 4.47. The number of nitrogens with two attached hydrogens (primary N) is 1. The molecule has 0 aliphatic heterocycles. The summed E-state index contributed by atoms with van der Waals surface area (Å²) in [6.45, 7) is 3.53. The second-order valence-corrected chi connectivity index (χ2v) is 2.31. The van der Waals surface area contributed by atoms with Crippen LogP contribution in [0.2, 0.25) is 0 Å². The number of hydrazine groups is 1. The van der Waals surface area contributed by atoms with Crippen LogP contribution in [-0.2, 0) is 4.79 Å². The van der Waals surface area contributed by atoms with Crippen LogP contribution >= 0.6 is 0 Å². The smallest absolute Gasteiger partial charge is 0.129 e. The van der Waals surface area contributed by atoms with Crippen molar-refractivity contribution in [1.29, 1.82) is 0 Å². The molecule has 0 saturated carbocycles. The molecule has 3 heteroatoms. The molecule has 3 N–H and O–H groups in total. The highest BCUT2D eigenvalue weighted by Gasteiger charge is 1.99. The average Bonchev–Trinajstić information content (AvgIpc) is 1.83. The van der Waals surface area contributed by atoms with E-state index in [1.807, 2.05) is 6.92 Å². The number of nitrogens with one attached hydrogen (secondary N) is 1. The molecule has 0 spiro atoms. The standard InChI is InChI=1S/C6H14N2O/c1-5(8-7)3-4-6(2)9/h5,8H,3-4,7H2,1-2H3. The molecule has 0 aliphatic rings. The number of hydrogen-bond acceptors (Lipinski definition) is 3. The molecular weight excluding hydrogens is 116 g/mol. The Morgan fingerprint density at radius 3 is 2.67 bits per heavy atom. The molecule has 0 saturated heterocycles. The molecule has 0 heterocycles. The molecule has 0 amide bonds. The zero-order valence-corrected chi connectivity index (χ0v) is 5.98. The third kappa shape index (κ3) is 5.46. The van der Waals surface area contributed by atoms with Crippen LogP contribution < -0.4 is 11.3 Å². The molecule has 0 radical (unpaired) electrons. The lowest BCUT2D eigenvalue weighted by Crippen LogP contribution is -2.32. The Labute approximate surface area is 55.6 Å². The Kier molecular flexibility index (Phi) is 4.26. The van der Waals surface area contributed by atoms with E-state index in [1.54, 1.807) is 6.92 Å². The molecule has 3 nitrogen and oxygen atoms in total. The first-order valence-corrected chi connectivity index (χ1v) is 3.12. The largest absolute Gasteiger partial charge is 0.300 e. The fourth-order valence-corrected chi connectivity index (χ4v) is 0.503. The van der Waals surface area contributed by atoms with Crippen LogP contribution in [0.3, 0.4) is 0 Å². The lowest BCUT2D eigenvalue weighted by molar-refractivity contribution is -0.117. The lowest BCUT2D eigenvalue weighted by Gasteiger charge is -2.06. The molecule has 0 fully saturated rings. The first kappa shape index (κ1) is 8.59. The van der Waals surface area contributed by atoms with Gasteiger partial charge in [0.1, 0.15) is 5.78 Å². The summed E-state index contributed by atoms with van der Waals surface area (Å²) in [5.41, 5.74) is 2.57. The van der Waals surface area contributed by atoms with Crippen LogP contribution in [0, 0.1) is 0 Å². The van der Waals surface area contributed by atoms with Gasteiger partial charge in [-0.05, 0) is 20.3 Å². The summed E-state index contributed by atoms with van der Waals surface area (Å²) in [6.07, 6.45) is 1.44. The molecule has 0 aromatic carbocycles. The van der Waals surface area contributed by atoms with E-state index in [0.29, 0.717) is 6.42 Å². The van der Waals surface area contributed by atoms with E-state index in [9.17, 15) is 4.79 Å². The van der Waals surface area contributed by atoms with Gasteiger partial charge in [0, 0.05) is 12.5 Å². The topological polar surface area (TPSA) is 55.1 Å². The quantitative estimate of drug-likeness (QED) is 0.422. The van der Waals surface area contributed by atoms with Gasteiger partial charge in [-0.15, -0.1) is 0 Å². The molecule has 0 aromatic rings. The van der Waals surface area contributed by atoms with Crippen molar-refractivity contribution in [2.75, 3.05) is 0 Å². The number of hydrogen-bond donors (Lipinski definition) is 2. The first-order chi connectivity index (χ1) is 4.16. The predicted octanol–water partition coefficient (Wildman–Crippen LogP) is 0.207. The predicted molar refractivity (Wildman–Crippen MR) is 36.7 cm³/mol. The van der Waals surface area contributed by atoms with Gasteiger partial charge in [0.05, 0.1) is 0 Å². The summed E-state index contributed by atoms with van der Waals surface area (Å²) in [5, 5.41) is 0. The molecule has 1 unspecified atom stereocenters.